The van der Waals surface area contributed by atoms with Crippen molar-refractivity contribution in [2.24, 2.45) is 0 Å². The van der Waals surface area contributed by atoms with E-state index >= 15 is 0 Å². The Morgan fingerprint density at radius 2 is 1.74 bits per heavy atom. The van der Waals surface area contributed by atoms with Crippen LogP contribution in [0.2, 0.25) is 0 Å². The average Bonchev–Trinajstić information content (AvgIpc) is 2.46. The van der Waals surface area contributed by atoms with Crippen molar-refractivity contribution in [3.05, 3.63) is 63.7 Å². The van der Waals surface area contributed by atoms with Crippen LogP contribution in [-0.2, 0) is 9.84 Å². The van der Waals surface area contributed by atoms with Gasteiger partial charge < -0.3 is 5.32 Å². The number of nitro groups is 1. The molecule has 0 heterocycles. The lowest BCUT2D eigenvalue weighted by Gasteiger charge is -2.07. The second-order valence-electron chi connectivity index (χ2n) is 5.01. The third-order valence-corrected chi connectivity index (χ3v) is 4.32. The van der Waals surface area contributed by atoms with Crippen LogP contribution in [0.25, 0.3) is 0 Å². The van der Waals surface area contributed by atoms with E-state index in [-0.39, 0.29) is 16.1 Å². The van der Waals surface area contributed by atoms with Crippen LogP contribution in [0.3, 0.4) is 0 Å². The summed E-state index contributed by atoms with van der Waals surface area (Å²) in [5.74, 6) is -0.435. The Hall–Kier alpha value is -2.74. The normalized spacial score (nSPS) is 11.0. The summed E-state index contributed by atoms with van der Waals surface area (Å²) in [5.41, 5.74) is 1.04. The van der Waals surface area contributed by atoms with Crippen LogP contribution >= 0.6 is 0 Å². The molecule has 2 rings (SSSR count). The van der Waals surface area contributed by atoms with Gasteiger partial charge in [-0.25, -0.2) is 8.42 Å². The van der Waals surface area contributed by atoms with E-state index in [0.717, 1.165) is 6.26 Å². The predicted molar refractivity (Wildman–Crippen MR) is 85.3 cm³/mol. The summed E-state index contributed by atoms with van der Waals surface area (Å²) in [6, 6.07) is 9.82. The molecule has 0 aliphatic heterocycles. The quantitative estimate of drug-likeness (QED) is 0.683. The first kappa shape index (κ1) is 16.6. The zero-order valence-corrected chi connectivity index (χ0v) is 13.3. The van der Waals surface area contributed by atoms with Crippen LogP contribution < -0.4 is 5.32 Å². The molecular formula is C15H14N2O5S. The molecule has 0 spiro atoms. The number of benzene rings is 2. The van der Waals surface area contributed by atoms with Gasteiger partial charge in [0.15, 0.2) is 9.84 Å². The van der Waals surface area contributed by atoms with Gasteiger partial charge in [-0.05, 0) is 43.3 Å². The van der Waals surface area contributed by atoms with Crippen LogP contribution in [-0.4, -0.2) is 25.5 Å². The second-order valence-corrected chi connectivity index (χ2v) is 7.02. The van der Waals surface area contributed by atoms with Crippen molar-refractivity contribution in [3.8, 4) is 0 Å². The van der Waals surface area contributed by atoms with Crippen molar-refractivity contribution in [3.63, 3.8) is 0 Å². The molecule has 0 saturated carbocycles. The summed E-state index contributed by atoms with van der Waals surface area (Å²) in [6.45, 7) is 1.55. The molecule has 0 fully saturated rings. The Bertz CT molecular complexity index is 873. The molecule has 0 atom stereocenters. The summed E-state index contributed by atoms with van der Waals surface area (Å²) < 4.78 is 22.7. The molecular weight excluding hydrogens is 320 g/mol. The summed E-state index contributed by atoms with van der Waals surface area (Å²) in [7, 11) is -3.30. The Labute approximate surface area is 133 Å². The minimum absolute atomic E-state index is 0.0564. The minimum Gasteiger partial charge on any atom is -0.322 e. The number of aryl methyl sites for hydroxylation is 1. The number of hydrogen-bond donors (Lipinski definition) is 1. The van der Waals surface area contributed by atoms with Gasteiger partial charge in [0.2, 0.25) is 0 Å². The van der Waals surface area contributed by atoms with Gasteiger partial charge in [-0.1, -0.05) is 0 Å². The highest BCUT2D eigenvalue weighted by Crippen LogP contribution is 2.20. The number of sulfone groups is 1. The lowest BCUT2D eigenvalue weighted by molar-refractivity contribution is -0.385. The molecule has 2 aromatic rings. The van der Waals surface area contributed by atoms with Gasteiger partial charge in [0.1, 0.15) is 0 Å². The molecule has 0 aromatic heterocycles. The molecule has 7 nitrogen and oxygen atoms in total. The predicted octanol–water partition coefficient (Wildman–Crippen LogP) is 2.56. The summed E-state index contributed by atoms with van der Waals surface area (Å²) in [4.78, 5) is 22.5. The fourth-order valence-electron chi connectivity index (χ4n) is 1.99. The van der Waals surface area contributed by atoms with E-state index in [1.807, 2.05) is 0 Å². The highest BCUT2D eigenvalue weighted by molar-refractivity contribution is 7.90. The monoisotopic (exact) mass is 334 g/mol. The average molecular weight is 334 g/mol. The van der Waals surface area contributed by atoms with E-state index in [4.69, 9.17) is 0 Å². The lowest BCUT2D eigenvalue weighted by Crippen LogP contribution is -2.12. The van der Waals surface area contributed by atoms with E-state index in [9.17, 15) is 23.3 Å². The number of amides is 1. The number of nitrogens with one attached hydrogen (secondary N) is 1. The molecule has 1 amide bonds. The number of carbonyl (C=O) groups is 1. The third kappa shape index (κ3) is 3.92. The fraction of sp³-hybridized carbons (Fsp3) is 0.133. The SMILES string of the molecule is Cc1cc(C(=O)Nc2ccc(S(C)(=O)=O)cc2)ccc1[N+](=O)[O-]. The minimum atomic E-state index is -3.30. The van der Waals surface area contributed by atoms with E-state index in [1.54, 1.807) is 6.92 Å². The number of anilines is 1. The number of carbonyl (C=O) groups excluding carboxylic acids is 1. The van der Waals surface area contributed by atoms with Gasteiger partial charge in [-0.3, -0.25) is 14.9 Å². The Morgan fingerprint density at radius 3 is 2.22 bits per heavy atom. The standard InChI is InChI=1S/C15H14N2O5S/c1-10-9-11(3-8-14(10)17(19)20)15(18)16-12-4-6-13(7-5-12)23(2,21)22/h3-9H,1-2H3,(H,16,18). The van der Waals surface area contributed by atoms with E-state index < -0.39 is 20.7 Å². The molecule has 120 valence electrons. The van der Waals surface area contributed by atoms with Crippen LogP contribution in [0.1, 0.15) is 15.9 Å². The Morgan fingerprint density at radius 1 is 1.13 bits per heavy atom. The highest BCUT2D eigenvalue weighted by atomic mass is 32.2. The van der Waals surface area contributed by atoms with Crippen LogP contribution in [0.4, 0.5) is 11.4 Å². The summed E-state index contributed by atoms with van der Waals surface area (Å²) >= 11 is 0. The first-order valence-corrected chi connectivity index (χ1v) is 8.44. The first-order chi connectivity index (χ1) is 10.7. The van der Waals surface area contributed by atoms with Gasteiger partial charge in [-0.2, -0.15) is 0 Å². The van der Waals surface area contributed by atoms with Gasteiger partial charge in [0.05, 0.1) is 9.82 Å². The smallest absolute Gasteiger partial charge is 0.272 e. The molecule has 0 aliphatic carbocycles. The summed E-state index contributed by atoms with van der Waals surface area (Å²) in [5, 5.41) is 13.4. The Kier molecular flexibility index (Phi) is 4.46. The van der Waals surface area contributed by atoms with Crippen molar-refractivity contribution in [2.45, 2.75) is 11.8 Å². The fourth-order valence-corrected chi connectivity index (χ4v) is 2.62. The zero-order valence-electron chi connectivity index (χ0n) is 12.4. The van der Waals surface area contributed by atoms with Crippen molar-refractivity contribution < 1.29 is 18.1 Å². The van der Waals surface area contributed by atoms with Crippen LogP contribution in [0.15, 0.2) is 47.4 Å². The van der Waals surface area contributed by atoms with Crippen molar-refractivity contribution in [1.29, 1.82) is 0 Å². The van der Waals surface area contributed by atoms with Crippen LogP contribution in [0.5, 0.6) is 0 Å². The molecule has 0 unspecified atom stereocenters. The van der Waals surface area contributed by atoms with E-state index in [2.05, 4.69) is 5.32 Å². The van der Waals surface area contributed by atoms with E-state index in [0.29, 0.717) is 11.3 Å². The number of nitro benzene ring substituents is 1. The van der Waals surface area contributed by atoms with Crippen molar-refractivity contribution in [1.82, 2.24) is 0 Å². The van der Waals surface area contributed by atoms with E-state index in [1.165, 1.54) is 42.5 Å². The maximum Gasteiger partial charge on any atom is 0.272 e. The topological polar surface area (TPSA) is 106 Å². The van der Waals surface area contributed by atoms with Gasteiger partial charge >= 0.3 is 0 Å². The molecule has 1 N–H and O–H groups in total. The Balaban J connectivity index is 2.19. The molecule has 2 aromatic carbocycles. The number of nitrogens with zero attached hydrogens (tertiary/aromatic N) is 1. The zero-order chi connectivity index (χ0) is 17.2. The van der Waals surface area contributed by atoms with Crippen molar-refractivity contribution >= 4 is 27.1 Å². The van der Waals surface area contributed by atoms with Gasteiger partial charge in [0.25, 0.3) is 11.6 Å². The second kappa shape index (κ2) is 6.17. The van der Waals surface area contributed by atoms with Gasteiger partial charge in [-0.15, -0.1) is 0 Å². The molecule has 23 heavy (non-hydrogen) atoms. The number of rotatable bonds is 4. The molecule has 0 bridgehead atoms. The molecule has 0 radical (unpaired) electrons. The number of hydrogen-bond acceptors (Lipinski definition) is 5. The largest absolute Gasteiger partial charge is 0.322 e. The third-order valence-electron chi connectivity index (χ3n) is 3.20. The molecule has 0 saturated heterocycles. The molecule has 8 heteroatoms. The summed E-state index contributed by atoms with van der Waals surface area (Å²) in [6.07, 6.45) is 1.10. The van der Waals surface area contributed by atoms with Crippen molar-refractivity contribution in [2.75, 3.05) is 11.6 Å². The first-order valence-electron chi connectivity index (χ1n) is 6.55. The maximum absolute atomic E-state index is 12.1. The highest BCUT2D eigenvalue weighted by Gasteiger charge is 2.14. The lowest BCUT2D eigenvalue weighted by atomic mass is 10.1. The van der Waals surface area contributed by atoms with Crippen LogP contribution in [0, 0.1) is 17.0 Å². The molecule has 0 aliphatic rings. The maximum atomic E-state index is 12.1. The van der Waals surface area contributed by atoms with Gasteiger partial charge in [0, 0.05) is 29.1 Å².